The van der Waals surface area contributed by atoms with Gasteiger partial charge in [-0.2, -0.15) is 0 Å². The van der Waals surface area contributed by atoms with E-state index in [-0.39, 0.29) is 5.91 Å². The molecule has 0 radical (unpaired) electrons. The van der Waals surface area contributed by atoms with Crippen molar-refractivity contribution >= 4 is 11.7 Å². The number of hydrogen-bond acceptors (Lipinski definition) is 4. The number of nitrogens with one attached hydrogen (secondary N) is 1. The third-order valence-corrected chi connectivity index (χ3v) is 3.90. The SMILES string of the molecule is Cc1cccc(NC(=O)C(C)(C)Oc2nn(-c3ccccc3)cc2C)n1. The summed E-state index contributed by atoms with van der Waals surface area (Å²) in [6, 6.07) is 15.2. The van der Waals surface area contributed by atoms with E-state index in [1.54, 1.807) is 24.6 Å². The summed E-state index contributed by atoms with van der Waals surface area (Å²) in [5.74, 6) is 0.633. The Labute approximate surface area is 152 Å². The maximum atomic E-state index is 12.6. The maximum Gasteiger partial charge on any atom is 0.269 e. The van der Waals surface area contributed by atoms with E-state index in [9.17, 15) is 4.79 Å². The number of anilines is 1. The van der Waals surface area contributed by atoms with E-state index < -0.39 is 5.60 Å². The van der Waals surface area contributed by atoms with Gasteiger partial charge in [-0.1, -0.05) is 24.3 Å². The molecule has 2 aromatic heterocycles. The number of pyridine rings is 1. The highest BCUT2D eigenvalue weighted by atomic mass is 16.5. The quantitative estimate of drug-likeness (QED) is 0.762. The summed E-state index contributed by atoms with van der Waals surface area (Å²) in [4.78, 5) is 16.9. The fourth-order valence-electron chi connectivity index (χ4n) is 2.43. The molecule has 0 aliphatic heterocycles. The first-order valence-corrected chi connectivity index (χ1v) is 8.41. The van der Waals surface area contributed by atoms with Gasteiger partial charge >= 0.3 is 0 Å². The molecule has 3 rings (SSSR count). The van der Waals surface area contributed by atoms with Gasteiger partial charge in [0.15, 0.2) is 5.60 Å². The lowest BCUT2D eigenvalue weighted by Crippen LogP contribution is -2.43. The third-order valence-electron chi connectivity index (χ3n) is 3.90. The Kier molecular flexibility index (Phi) is 4.75. The van der Waals surface area contributed by atoms with Crippen LogP contribution in [0.3, 0.4) is 0 Å². The Hall–Kier alpha value is -3.15. The smallest absolute Gasteiger partial charge is 0.269 e. The van der Waals surface area contributed by atoms with Gasteiger partial charge in [0.25, 0.3) is 5.91 Å². The molecule has 6 heteroatoms. The Morgan fingerprint density at radius 1 is 1.08 bits per heavy atom. The summed E-state index contributed by atoms with van der Waals surface area (Å²) < 4.78 is 7.66. The molecule has 26 heavy (non-hydrogen) atoms. The van der Waals surface area contributed by atoms with Crippen LogP contribution in [-0.2, 0) is 4.79 Å². The topological polar surface area (TPSA) is 69.0 Å². The first kappa shape index (κ1) is 17.7. The molecular formula is C20H22N4O2. The van der Waals surface area contributed by atoms with E-state index in [1.165, 1.54) is 0 Å². The second kappa shape index (κ2) is 7.00. The summed E-state index contributed by atoms with van der Waals surface area (Å²) >= 11 is 0. The van der Waals surface area contributed by atoms with Crippen molar-refractivity contribution in [3.8, 4) is 11.6 Å². The Bertz CT molecular complexity index is 917. The number of carbonyl (C=O) groups excluding carboxylic acids is 1. The molecule has 6 nitrogen and oxygen atoms in total. The first-order valence-electron chi connectivity index (χ1n) is 8.41. The van der Waals surface area contributed by atoms with Gasteiger partial charge in [-0.25, -0.2) is 9.67 Å². The summed E-state index contributed by atoms with van der Waals surface area (Å²) in [5.41, 5.74) is 1.51. The molecule has 2 heterocycles. The monoisotopic (exact) mass is 350 g/mol. The van der Waals surface area contributed by atoms with Crippen LogP contribution in [0.4, 0.5) is 5.82 Å². The molecule has 0 spiro atoms. The van der Waals surface area contributed by atoms with E-state index in [4.69, 9.17) is 4.74 Å². The van der Waals surface area contributed by atoms with Crippen molar-refractivity contribution in [1.82, 2.24) is 14.8 Å². The molecule has 0 fully saturated rings. The second-order valence-corrected chi connectivity index (χ2v) is 6.63. The average molecular weight is 350 g/mol. The summed E-state index contributed by atoms with van der Waals surface area (Å²) in [6.07, 6.45) is 1.88. The highest BCUT2D eigenvalue weighted by Gasteiger charge is 2.32. The number of carbonyl (C=O) groups is 1. The van der Waals surface area contributed by atoms with E-state index in [0.29, 0.717) is 11.7 Å². The largest absolute Gasteiger partial charge is 0.460 e. The lowest BCUT2D eigenvalue weighted by Gasteiger charge is -2.24. The van der Waals surface area contributed by atoms with Crippen LogP contribution in [0, 0.1) is 13.8 Å². The van der Waals surface area contributed by atoms with Gasteiger partial charge < -0.3 is 10.1 Å². The van der Waals surface area contributed by atoms with Gasteiger partial charge in [0, 0.05) is 17.5 Å². The fourth-order valence-corrected chi connectivity index (χ4v) is 2.43. The number of aryl methyl sites for hydroxylation is 2. The van der Waals surface area contributed by atoms with Crippen LogP contribution < -0.4 is 10.1 Å². The predicted octanol–water partition coefficient (Wildman–Crippen LogP) is 3.68. The zero-order valence-corrected chi connectivity index (χ0v) is 15.4. The minimum Gasteiger partial charge on any atom is -0.460 e. The average Bonchev–Trinajstić information content (AvgIpc) is 2.96. The molecule has 3 aromatic rings. The van der Waals surface area contributed by atoms with Gasteiger partial charge in [0.05, 0.1) is 5.69 Å². The van der Waals surface area contributed by atoms with Crippen LogP contribution in [0.15, 0.2) is 54.7 Å². The molecule has 1 amide bonds. The molecule has 0 aliphatic rings. The van der Waals surface area contributed by atoms with E-state index in [1.807, 2.05) is 62.5 Å². The van der Waals surface area contributed by atoms with Crippen LogP contribution in [0.1, 0.15) is 25.1 Å². The van der Waals surface area contributed by atoms with Crippen molar-refractivity contribution in [1.29, 1.82) is 0 Å². The molecule has 0 saturated heterocycles. The molecule has 1 N–H and O–H groups in total. The van der Waals surface area contributed by atoms with Crippen molar-refractivity contribution in [2.24, 2.45) is 0 Å². The molecule has 1 aromatic carbocycles. The zero-order chi connectivity index (χ0) is 18.7. The maximum absolute atomic E-state index is 12.6. The van der Waals surface area contributed by atoms with Gasteiger partial charge in [-0.05, 0) is 52.0 Å². The summed E-state index contributed by atoms with van der Waals surface area (Å²) in [5, 5.41) is 7.26. The molecule has 0 aliphatic carbocycles. The lowest BCUT2D eigenvalue weighted by atomic mass is 10.1. The van der Waals surface area contributed by atoms with Gasteiger partial charge in [0.2, 0.25) is 5.88 Å². The van der Waals surface area contributed by atoms with Gasteiger partial charge in [-0.15, -0.1) is 5.10 Å². The number of amides is 1. The Morgan fingerprint density at radius 3 is 2.50 bits per heavy atom. The Morgan fingerprint density at radius 2 is 1.81 bits per heavy atom. The number of aromatic nitrogens is 3. The molecule has 0 bridgehead atoms. The molecule has 0 saturated carbocycles. The predicted molar refractivity (Wildman–Crippen MR) is 101 cm³/mol. The van der Waals surface area contributed by atoms with Crippen molar-refractivity contribution < 1.29 is 9.53 Å². The normalized spacial score (nSPS) is 11.2. The number of para-hydroxylation sites is 1. The fraction of sp³-hybridized carbons (Fsp3) is 0.250. The van der Waals surface area contributed by atoms with Crippen molar-refractivity contribution in [2.75, 3.05) is 5.32 Å². The summed E-state index contributed by atoms with van der Waals surface area (Å²) in [7, 11) is 0. The zero-order valence-electron chi connectivity index (χ0n) is 15.4. The van der Waals surface area contributed by atoms with Crippen molar-refractivity contribution in [3.63, 3.8) is 0 Å². The standard InChI is InChI=1S/C20H22N4O2/c1-14-13-24(16-10-6-5-7-11-16)23-18(14)26-20(3,4)19(25)22-17-12-8-9-15(2)21-17/h5-13H,1-4H3,(H,21,22,25). The van der Waals surface area contributed by atoms with Crippen LogP contribution >= 0.6 is 0 Å². The van der Waals surface area contributed by atoms with E-state index >= 15 is 0 Å². The number of nitrogens with zero attached hydrogens (tertiary/aromatic N) is 3. The first-order chi connectivity index (χ1) is 12.3. The summed E-state index contributed by atoms with van der Waals surface area (Å²) in [6.45, 7) is 7.19. The molecule has 0 atom stereocenters. The lowest BCUT2D eigenvalue weighted by molar-refractivity contribution is -0.128. The number of rotatable bonds is 5. The molecule has 134 valence electrons. The number of hydrogen-bond donors (Lipinski definition) is 1. The minimum atomic E-state index is -1.11. The number of ether oxygens (including phenoxy) is 1. The second-order valence-electron chi connectivity index (χ2n) is 6.63. The molecule has 0 unspecified atom stereocenters. The number of benzene rings is 1. The van der Waals surface area contributed by atoms with Crippen LogP contribution in [0.25, 0.3) is 5.69 Å². The van der Waals surface area contributed by atoms with Gasteiger partial charge in [-0.3, -0.25) is 4.79 Å². The van der Waals surface area contributed by atoms with Crippen molar-refractivity contribution in [2.45, 2.75) is 33.3 Å². The van der Waals surface area contributed by atoms with Gasteiger partial charge in [0.1, 0.15) is 5.82 Å². The van der Waals surface area contributed by atoms with E-state index in [2.05, 4.69) is 15.4 Å². The van der Waals surface area contributed by atoms with Crippen LogP contribution in [0.2, 0.25) is 0 Å². The minimum absolute atomic E-state index is 0.288. The van der Waals surface area contributed by atoms with Crippen LogP contribution in [0.5, 0.6) is 5.88 Å². The molecular weight excluding hydrogens is 328 g/mol. The highest BCUT2D eigenvalue weighted by Crippen LogP contribution is 2.23. The Balaban J connectivity index is 1.76. The van der Waals surface area contributed by atoms with E-state index in [0.717, 1.165) is 16.9 Å². The van der Waals surface area contributed by atoms with Crippen LogP contribution in [-0.4, -0.2) is 26.3 Å². The van der Waals surface area contributed by atoms with Crippen molar-refractivity contribution in [3.05, 3.63) is 66.0 Å². The third kappa shape index (κ3) is 3.91. The highest BCUT2D eigenvalue weighted by molar-refractivity contribution is 5.96.